The summed E-state index contributed by atoms with van der Waals surface area (Å²) in [7, 11) is -3.25. The normalized spacial score (nSPS) is 37.7. The van der Waals surface area contributed by atoms with Gasteiger partial charge in [-0.05, 0) is 57.1 Å². The number of nitrogens with one attached hydrogen (secondary N) is 1. The molecule has 3 heterocycles. The molecule has 1 aromatic carbocycles. The van der Waals surface area contributed by atoms with E-state index in [0.717, 1.165) is 50.9 Å². The Balaban J connectivity index is 1.41. The summed E-state index contributed by atoms with van der Waals surface area (Å²) in [6, 6.07) is 8.53. The van der Waals surface area contributed by atoms with E-state index in [1.807, 2.05) is 0 Å². The molecule has 1 N–H and O–H groups in total. The summed E-state index contributed by atoms with van der Waals surface area (Å²) in [4.78, 5) is 2.36. The topological polar surface area (TPSA) is 67.9 Å². The standard InChI is InChI=1S/C22H32N2O4S/c1-29(25,26)23-19-6-4-10-24-11-12-27-21-7-3-2-5-18(21)22-9-8-17(13-16(22)14-22)28-15-20(19)24/h2-3,5,7,16-17,19-20,23H,4,6,8-15H2,1H3/t16?,17-,19-,20?,22-/m0/s1. The van der Waals surface area contributed by atoms with Crippen molar-refractivity contribution in [3.63, 3.8) is 0 Å². The maximum Gasteiger partial charge on any atom is 0.209 e. The van der Waals surface area contributed by atoms with Gasteiger partial charge in [0.25, 0.3) is 0 Å². The Hall–Kier alpha value is -1.15. The van der Waals surface area contributed by atoms with Crippen LogP contribution < -0.4 is 9.46 Å². The summed E-state index contributed by atoms with van der Waals surface area (Å²) in [5.74, 6) is 1.71. The van der Waals surface area contributed by atoms with Crippen LogP contribution in [-0.2, 0) is 20.2 Å². The highest BCUT2D eigenvalue weighted by Crippen LogP contribution is 2.64. The maximum atomic E-state index is 11.9. The molecule has 1 aromatic rings. The number of hydrogen-bond donors (Lipinski definition) is 1. The van der Waals surface area contributed by atoms with Gasteiger partial charge in [0.15, 0.2) is 0 Å². The fourth-order valence-corrected chi connectivity index (χ4v) is 6.84. The van der Waals surface area contributed by atoms with E-state index >= 15 is 0 Å². The molecule has 0 amide bonds. The molecule has 5 atom stereocenters. The number of nitrogens with zero attached hydrogens (tertiary/aromatic N) is 1. The van der Waals surface area contributed by atoms with Gasteiger partial charge in [-0.3, -0.25) is 4.90 Å². The summed E-state index contributed by atoms with van der Waals surface area (Å²) in [6.45, 7) is 2.94. The predicted octanol–water partition coefficient (Wildman–Crippen LogP) is 2.29. The molecule has 0 radical (unpaired) electrons. The molecule has 1 spiro atoms. The Bertz CT molecular complexity index is 860. The molecular formula is C22H32N2O4S. The average molecular weight is 421 g/mol. The van der Waals surface area contributed by atoms with Crippen LogP contribution in [0.1, 0.15) is 44.1 Å². The number of rotatable bonds is 2. The lowest BCUT2D eigenvalue weighted by Crippen LogP contribution is -2.58. The molecular weight excluding hydrogens is 388 g/mol. The summed E-state index contributed by atoms with van der Waals surface area (Å²) < 4.78 is 39.4. The number of hydrogen-bond acceptors (Lipinski definition) is 5. The van der Waals surface area contributed by atoms with Crippen molar-refractivity contribution in [2.24, 2.45) is 5.92 Å². The molecule has 0 aromatic heterocycles. The van der Waals surface area contributed by atoms with Crippen molar-refractivity contribution in [2.45, 2.75) is 62.1 Å². The van der Waals surface area contributed by atoms with Crippen molar-refractivity contribution in [3.8, 4) is 5.75 Å². The highest BCUT2D eigenvalue weighted by molar-refractivity contribution is 7.88. The second-order valence-corrected chi connectivity index (χ2v) is 11.2. The quantitative estimate of drug-likeness (QED) is 0.795. The molecule has 7 heteroatoms. The molecule has 2 bridgehead atoms. The van der Waals surface area contributed by atoms with Crippen LogP contribution in [0.5, 0.6) is 5.75 Å². The summed E-state index contributed by atoms with van der Waals surface area (Å²) >= 11 is 0. The number of sulfonamides is 1. The van der Waals surface area contributed by atoms with Crippen molar-refractivity contribution in [1.29, 1.82) is 0 Å². The summed E-state index contributed by atoms with van der Waals surface area (Å²) in [5, 5.41) is 0. The van der Waals surface area contributed by atoms with Gasteiger partial charge in [-0.2, -0.15) is 0 Å². The zero-order valence-corrected chi connectivity index (χ0v) is 18.0. The average Bonchev–Trinajstić information content (AvgIpc) is 3.40. The molecule has 6 rings (SSSR count). The van der Waals surface area contributed by atoms with Crippen LogP contribution in [0.4, 0.5) is 0 Å². The fraction of sp³-hybridized carbons (Fsp3) is 0.727. The lowest BCUT2D eigenvalue weighted by Gasteiger charge is -2.41. The van der Waals surface area contributed by atoms with E-state index in [4.69, 9.17) is 9.47 Å². The summed E-state index contributed by atoms with van der Waals surface area (Å²) in [6.07, 6.45) is 7.94. The van der Waals surface area contributed by atoms with Gasteiger partial charge in [0, 0.05) is 29.6 Å². The Labute approximate surface area is 174 Å². The minimum absolute atomic E-state index is 0.0592. The molecule has 5 aliphatic rings. The second-order valence-electron chi connectivity index (χ2n) is 9.37. The second kappa shape index (κ2) is 7.52. The van der Waals surface area contributed by atoms with E-state index in [0.29, 0.717) is 19.1 Å². The maximum absolute atomic E-state index is 11.9. The Morgan fingerprint density at radius 3 is 2.90 bits per heavy atom. The first-order chi connectivity index (χ1) is 13.9. The Morgan fingerprint density at radius 1 is 1.21 bits per heavy atom. The molecule has 160 valence electrons. The van der Waals surface area contributed by atoms with Crippen molar-refractivity contribution in [3.05, 3.63) is 29.8 Å². The molecule has 2 unspecified atom stereocenters. The highest BCUT2D eigenvalue weighted by Gasteiger charge is 2.59. The van der Waals surface area contributed by atoms with E-state index in [2.05, 4.69) is 33.9 Å². The molecule has 6 nitrogen and oxygen atoms in total. The van der Waals surface area contributed by atoms with E-state index in [1.165, 1.54) is 18.2 Å². The van der Waals surface area contributed by atoms with Crippen molar-refractivity contribution in [2.75, 3.05) is 32.6 Å². The Kier molecular flexibility index (Phi) is 5.13. The monoisotopic (exact) mass is 420 g/mol. The third-order valence-corrected chi connectivity index (χ3v) is 8.24. The minimum Gasteiger partial charge on any atom is -0.492 e. The first kappa shape index (κ1) is 19.8. The molecule has 2 aliphatic carbocycles. The van der Waals surface area contributed by atoms with Gasteiger partial charge >= 0.3 is 0 Å². The Morgan fingerprint density at radius 2 is 2.07 bits per heavy atom. The van der Waals surface area contributed by atoms with Gasteiger partial charge in [0.2, 0.25) is 10.0 Å². The van der Waals surface area contributed by atoms with Crippen LogP contribution in [0.15, 0.2) is 24.3 Å². The fourth-order valence-electron chi connectivity index (χ4n) is 6.02. The SMILES string of the molecule is CS(=O)(=O)N[C@H]1CCCN2CCOc3ccccc3[C@]34CC[C@@H](CC3C4)OCC12. The van der Waals surface area contributed by atoms with Crippen LogP contribution in [0.3, 0.4) is 0 Å². The predicted molar refractivity (Wildman–Crippen MR) is 112 cm³/mol. The van der Waals surface area contributed by atoms with E-state index in [9.17, 15) is 8.42 Å². The first-order valence-corrected chi connectivity index (χ1v) is 12.9. The first-order valence-electron chi connectivity index (χ1n) is 11.0. The zero-order valence-electron chi connectivity index (χ0n) is 17.2. The third-order valence-electron chi connectivity index (χ3n) is 7.51. The molecule has 3 aliphatic heterocycles. The van der Waals surface area contributed by atoms with E-state index < -0.39 is 10.0 Å². The van der Waals surface area contributed by atoms with Crippen molar-refractivity contribution >= 4 is 10.0 Å². The van der Waals surface area contributed by atoms with Crippen LogP contribution in [0, 0.1) is 5.92 Å². The number of piperidine rings is 1. The lowest BCUT2D eigenvalue weighted by molar-refractivity contribution is -0.0295. The zero-order chi connectivity index (χ0) is 20.1. The number of ether oxygens (including phenoxy) is 2. The van der Waals surface area contributed by atoms with Gasteiger partial charge in [0.1, 0.15) is 12.4 Å². The van der Waals surface area contributed by atoms with Gasteiger partial charge in [-0.15, -0.1) is 0 Å². The third kappa shape index (κ3) is 3.94. The molecule has 3 fully saturated rings. The number of benzene rings is 1. The van der Waals surface area contributed by atoms with Crippen LogP contribution in [0.2, 0.25) is 0 Å². The van der Waals surface area contributed by atoms with Gasteiger partial charge in [-0.1, -0.05) is 18.2 Å². The summed E-state index contributed by atoms with van der Waals surface area (Å²) in [5.41, 5.74) is 1.67. The van der Waals surface area contributed by atoms with Gasteiger partial charge in [-0.25, -0.2) is 13.1 Å². The van der Waals surface area contributed by atoms with Crippen molar-refractivity contribution in [1.82, 2.24) is 9.62 Å². The lowest BCUT2D eigenvalue weighted by atomic mass is 9.81. The van der Waals surface area contributed by atoms with Crippen molar-refractivity contribution < 1.29 is 17.9 Å². The number of para-hydroxylation sites is 1. The minimum atomic E-state index is -3.25. The van der Waals surface area contributed by atoms with Crippen LogP contribution in [0.25, 0.3) is 0 Å². The smallest absolute Gasteiger partial charge is 0.209 e. The molecule has 1 saturated heterocycles. The highest BCUT2D eigenvalue weighted by atomic mass is 32.2. The molecule has 2 saturated carbocycles. The largest absolute Gasteiger partial charge is 0.492 e. The van der Waals surface area contributed by atoms with E-state index in [-0.39, 0.29) is 23.6 Å². The van der Waals surface area contributed by atoms with Crippen LogP contribution in [-0.4, -0.2) is 64.1 Å². The van der Waals surface area contributed by atoms with E-state index in [1.54, 1.807) is 0 Å². The number of fused-ring (bicyclic) bond motifs is 4. The van der Waals surface area contributed by atoms with Crippen LogP contribution >= 0.6 is 0 Å². The van der Waals surface area contributed by atoms with Gasteiger partial charge in [0.05, 0.1) is 19.0 Å². The molecule has 29 heavy (non-hydrogen) atoms. The van der Waals surface area contributed by atoms with Gasteiger partial charge < -0.3 is 9.47 Å².